The maximum atomic E-state index is 10.9. The number of rotatable bonds is 4. The zero-order valence-corrected chi connectivity index (χ0v) is 12.9. The topological polar surface area (TPSA) is 50.2 Å². The largest absolute Gasteiger partial charge is 0.478 e. The van der Waals surface area contributed by atoms with E-state index >= 15 is 0 Å². The summed E-state index contributed by atoms with van der Waals surface area (Å²) >= 11 is 0. The molecule has 3 rings (SSSR count). The van der Waals surface area contributed by atoms with E-state index in [0.717, 1.165) is 28.7 Å². The molecule has 3 heteroatoms. The first kappa shape index (κ1) is 15.0. The number of benzene rings is 2. The molecule has 0 radical (unpaired) electrons. The highest BCUT2D eigenvalue weighted by Gasteiger charge is 2.04. The van der Waals surface area contributed by atoms with Crippen LogP contribution in [0.1, 0.15) is 22.8 Å². The summed E-state index contributed by atoms with van der Waals surface area (Å²) < 4.78 is 0. The molecule has 0 aliphatic heterocycles. The van der Waals surface area contributed by atoms with Crippen molar-refractivity contribution in [2.24, 2.45) is 0 Å². The van der Waals surface area contributed by atoms with Gasteiger partial charge in [-0.25, -0.2) is 4.79 Å². The number of pyridine rings is 1. The molecule has 1 N–H and O–H groups in total. The van der Waals surface area contributed by atoms with Gasteiger partial charge in [-0.2, -0.15) is 0 Å². The van der Waals surface area contributed by atoms with Gasteiger partial charge in [0.2, 0.25) is 0 Å². The summed E-state index contributed by atoms with van der Waals surface area (Å²) in [5.41, 5.74) is 5.81. The summed E-state index contributed by atoms with van der Waals surface area (Å²) in [6.07, 6.45) is 4.73. The molecule has 1 aromatic heterocycles. The first-order chi connectivity index (χ1) is 11.2. The Bertz CT molecular complexity index is 821. The van der Waals surface area contributed by atoms with Crippen LogP contribution < -0.4 is 0 Å². The number of hydrogen-bond acceptors (Lipinski definition) is 2. The van der Waals surface area contributed by atoms with Gasteiger partial charge in [0.25, 0.3) is 0 Å². The van der Waals surface area contributed by atoms with E-state index in [0.29, 0.717) is 5.56 Å². The van der Waals surface area contributed by atoms with Crippen molar-refractivity contribution < 1.29 is 9.90 Å². The molecule has 0 aliphatic rings. The lowest BCUT2D eigenvalue weighted by molar-refractivity contribution is 0.0697. The molecule has 0 saturated heterocycles. The number of carbonyl (C=O) groups is 1. The molecule has 23 heavy (non-hydrogen) atoms. The van der Waals surface area contributed by atoms with E-state index in [1.807, 2.05) is 36.7 Å². The van der Waals surface area contributed by atoms with Gasteiger partial charge in [-0.3, -0.25) is 4.98 Å². The summed E-state index contributed by atoms with van der Waals surface area (Å²) in [4.78, 5) is 15.2. The van der Waals surface area contributed by atoms with E-state index in [1.165, 1.54) is 5.56 Å². The Hall–Kier alpha value is -2.94. The highest BCUT2D eigenvalue weighted by Crippen LogP contribution is 2.25. The summed E-state index contributed by atoms with van der Waals surface area (Å²) in [7, 11) is 0. The fourth-order valence-corrected chi connectivity index (χ4v) is 2.50. The lowest BCUT2D eigenvalue weighted by Gasteiger charge is -2.06. The lowest BCUT2D eigenvalue weighted by atomic mass is 9.99. The molecule has 1 heterocycles. The minimum absolute atomic E-state index is 0.299. The van der Waals surface area contributed by atoms with Crippen LogP contribution in [0, 0.1) is 0 Å². The van der Waals surface area contributed by atoms with Crippen LogP contribution in [0.25, 0.3) is 22.3 Å². The SMILES string of the molecule is CCc1cncc(-c2ccc(-c3ccc(C(=O)O)cc3)cc2)c1. The first-order valence-corrected chi connectivity index (χ1v) is 7.55. The molecular formula is C20H17NO2. The summed E-state index contributed by atoms with van der Waals surface area (Å²) in [5, 5.41) is 8.95. The van der Waals surface area contributed by atoms with E-state index in [9.17, 15) is 4.79 Å². The van der Waals surface area contributed by atoms with Crippen molar-refractivity contribution >= 4 is 5.97 Å². The van der Waals surface area contributed by atoms with E-state index in [-0.39, 0.29) is 0 Å². The highest BCUT2D eigenvalue weighted by molar-refractivity contribution is 5.88. The first-order valence-electron chi connectivity index (χ1n) is 7.55. The Labute approximate surface area is 135 Å². The quantitative estimate of drug-likeness (QED) is 0.761. The third-order valence-electron chi connectivity index (χ3n) is 3.89. The average molecular weight is 303 g/mol. The molecule has 3 aromatic rings. The van der Waals surface area contributed by atoms with Crippen LogP contribution in [0.15, 0.2) is 67.0 Å². The van der Waals surface area contributed by atoms with Crippen molar-refractivity contribution in [1.29, 1.82) is 0 Å². The number of nitrogens with zero attached hydrogens (tertiary/aromatic N) is 1. The zero-order valence-electron chi connectivity index (χ0n) is 12.9. The number of carboxylic acids is 1. The third-order valence-corrected chi connectivity index (χ3v) is 3.89. The predicted molar refractivity (Wildman–Crippen MR) is 91.4 cm³/mol. The third kappa shape index (κ3) is 3.29. The number of aromatic carboxylic acids is 1. The Morgan fingerprint density at radius 2 is 1.39 bits per heavy atom. The smallest absolute Gasteiger partial charge is 0.335 e. The van der Waals surface area contributed by atoms with Crippen LogP contribution in [-0.2, 0) is 6.42 Å². The molecule has 0 fully saturated rings. The summed E-state index contributed by atoms with van der Waals surface area (Å²) in [6, 6.07) is 17.3. The van der Waals surface area contributed by atoms with Crippen molar-refractivity contribution in [3.8, 4) is 22.3 Å². The van der Waals surface area contributed by atoms with Gasteiger partial charge in [0.05, 0.1) is 5.56 Å². The van der Waals surface area contributed by atoms with Crippen LogP contribution in [0.3, 0.4) is 0 Å². The van der Waals surface area contributed by atoms with E-state index < -0.39 is 5.97 Å². The number of aromatic nitrogens is 1. The van der Waals surface area contributed by atoms with Gasteiger partial charge in [0.15, 0.2) is 0 Å². The maximum absolute atomic E-state index is 10.9. The molecule has 2 aromatic carbocycles. The Balaban J connectivity index is 1.88. The monoisotopic (exact) mass is 303 g/mol. The normalized spacial score (nSPS) is 10.5. The number of carboxylic acid groups (broad SMARTS) is 1. The van der Waals surface area contributed by atoms with Crippen molar-refractivity contribution in [3.05, 3.63) is 78.1 Å². The Morgan fingerprint density at radius 3 is 1.91 bits per heavy atom. The molecule has 0 bridgehead atoms. The van der Waals surface area contributed by atoms with E-state index in [2.05, 4.69) is 30.1 Å². The van der Waals surface area contributed by atoms with Crippen LogP contribution in [0.5, 0.6) is 0 Å². The fraction of sp³-hybridized carbons (Fsp3) is 0.100. The molecular weight excluding hydrogens is 286 g/mol. The minimum atomic E-state index is -0.907. The maximum Gasteiger partial charge on any atom is 0.335 e. The molecule has 3 nitrogen and oxygen atoms in total. The van der Waals surface area contributed by atoms with E-state index in [4.69, 9.17) is 5.11 Å². The highest BCUT2D eigenvalue weighted by atomic mass is 16.4. The van der Waals surface area contributed by atoms with Gasteiger partial charge in [0.1, 0.15) is 0 Å². The second-order valence-corrected chi connectivity index (χ2v) is 5.40. The Morgan fingerprint density at radius 1 is 0.870 bits per heavy atom. The van der Waals surface area contributed by atoms with Crippen molar-refractivity contribution in [2.45, 2.75) is 13.3 Å². The molecule has 0 aliphatic carbocycles. The summed E-state index contributed by atoms with van der Waals surface area (Å²) in [6.45, 7) is 2.12. The van der Waals surface area contributed by atoms with Gasteiger partial charge in [-0.15, -0.1) is 0 Å². The Kier molecular flexibility index (Phi) is 4.20. The van der Waals surface area contributed by atoms with Crippen LogP contribution >= 0.6 is 0 Å². The zero-order chi connectivity index (χ0) is 16.2. The van der Waals surface area contributed by atoms with Crippen LogP contribution in [0.4, 0.5) is 0 Å². The predicted octanol–water partition coefficient (Wildman–Crippen LogP) is 4.68. The standard InChI is InChI=1S/C20H17NO2/c1-2-14-11-19(13-21-12-14)17-5-3-15(4-6-17)16-7-9-18(10-8-16)20(22)23/h3-13H,2H2,1H3,(H,22,23). The fourth-order valence-electron chi connectivity index (χ4n) is 2.50. The van der Waals surface area contributed by atoms with Gasteiger partial charge in [-0.1, -0.05) is 43.3 Å². The van der Waals surface area contributed by atoms with Gasteiger partial charge >= 0.3 is 5.97 Å². The second kappa shape index (κ2) is 6.44. The molecule has 0 atom stereocenters. The molecule has 0 spiro atoms. The minimum Gasteiger partial charge on any atom is -0.478 e. The van der Waals surface area contributed by atoms with Crippen molar-refractivity contribution in [2.75, 3.05) is 0 Å². The van der Waals surface area contributed by atoms with Gasteiger partial charge < -0.3 is 5.11 Å². The molecule has 0 amide bonds. The van der Waals surface area contributed by atoms with Gasteiger partial charge in [0, 0.05) is 18.0 Å². The molecule has 0 unspecified atom stereocenters. The second-order valence-electron chi connectivity index (χ2n) is 5.40. The van der Waals surface area contributed by atoms with Crippen molar-refractivity contribution in [1.82, 2.24) is 4.98 Å². The molecule has 114 valence electrons. The average Bonchev–Trinajstić information content (AvgIpc) is 2.62. The van der Waals surface area contributed by atoms with Crippen LogP contribution in [-0.4, -0.2) is 16.1 Å². The molecule has 0 saturated carbocycles. The van der Waals surface area contributed by atoms with Crippen molar-refractivity contribution in [3.63, 3.8) is 0 Å². The van der Waals surface area contributed by atoms with Crippen LogP contribution in [0.2, 0.25) is 0 Å². The number of aryl methyl sites for hydroxylation is 1. The van der Waals surface area contributed by atoms with Gasteiger partial charge in [-0.05, 0) is 46.9 Å². The summed E-state index contributed by atoms with van der Waals surface area (Å²) in [5.74, 6) is -0.907. The lowest BCUT2D eigenvalue weighted by Crippen LogP contribution is -1.94. The van der Waals surface area contributed by atoms with E-state index in [1.54, 1.807) is 12.1 Å². The number of hydrogen-bond donors (Lipinski definition) is 1.